The van der Waals surface area contributed by atoms with Crippen LogP contribution >= 0.6 is 36.2 Å². The van der Waals surface area contributed by atoms with Gasteiger partial charge in [0.15, 0.2) is 0 Å². The molecule has 7 heteroatoms. The molecule has 0 saturated carbocycles. The number of carbonyl (C=O) groups is 1. The smallest absolute Gasteiger partial charge is 0.265 e. The first-order chi connectivity index (χ1) is 11.3. The molecule has 138 valence electrons. The van der Waals surface area contributed by atoms with Gasteiger partial charge in [0, 0.05) is 18.7 Å². The number of nitrogens with zero attached hydrogens (tertiary/aromatic N) is 2. The van der Waals surface area contributed by atoms with E-state index in [0.29, 0.717) is 5.92 Å². The molecule has 0 atom stereocenters. The van der Waals surface area contributed by atoms with Gasteiger partial charge in [0.2, 0.25) is 0 Å². The number of aromatic nitrogens is 1. The maximum absolute atomic E-state index is 12.6. The summed E-state index contributed by atoms with van der Waals surface area (Å²) in [6.07, 6.45) is 3.90. The SMILES string of the molecule is CCNCC1CCN(C(=O)c2cnc(-c3ccccc3)s2)CC1.Cl.Cl. The lowest BCUT2D eigenvalue weighted by molar-refractivity contribution is 0.0695. The fourth-order valence-electron chi connectivity index (χ4n) is 2.93. The van der Waals surface area contributed by atoms with Gasteiger partial charge in [0.25, 0.3) is 5.91 Å². The molecule has 1 aliphatic rings. The molecular formula is C18H25Cl2N3OS. The minimum atomic E-state index is 0. The minimum absolute atomic E-state index is 0. The van der Waals surface area contributed by atoms with E-state index in [1.165, 1.54) is 11.3 Å². The molecule has 1 fully saturated rings. The van der Waals surface area contributed by atoms with Gasteiger partial charge in [-0.05, 0) is 31.8 Å². The molecule has 0 aliphatic carbocycles. The van der Waals surface area contributed by atoms with Crippen LogP contribution in [0, 0.1) is 5.92 Å². The van der Waals surface area contributed by atoms with Crippen LogP contribution in [0.2, 0.25) is 0 Å². The summed E-state index contributed by atoms with van der Waals surface area (Å²) in [5, 5.41) is 4.32. The Labute approximate surface area is 165 Å². The average Bonchev–Trinajstić information content (AvgIpc) is 3.11. The second-order valence-corrected chi connectivity index (χ2v) is 6.97. The monoisotopic (exact) mass is 401 g/mol. The number of hydrogen-bond donors (Lipinski definition) is 1. The van der Waals surface area contributed by atoms with Crippen molar-refractivity contribution >= 4 is 42.1 Å². The Bertz CT molecular complexity index is 643. The molecule has 1 N–H and O–H groups in total. The minimum Gasteiger partial charge on any atom is -0.338 e. The molecule has 1 aliphatic heterocycles. The van der Waals surface area contributed by atoms with E-state index in [0.717, 1.165) is 54.5 Å². The van der Waals surface area contributed by atoms with Crippen molar-refractivity contribution in [1.29, 1.82) is 0 Å². The van der Waals surface area contributed by atoms with E-state index in [1.807, 2.05) is 35.2 Å². The van der Waals surface area contributed by atoms with Crippen LogP contribution in [0.25, 0.3) is 10.6 Å². The summed E-state index contributed by atoms with van der Waals surface area (Å²) in [5.41, 5.74) is 1.07. The third kappa shape index (κ3) is 5.68. The highest BCUT2D eigenvalue weighted by molar-refractivity contribution is 7.16. The van der Waals surface area contributed by atoms with E-state index in [-0.39, 0.29) is 30.7 Å². The fourth-order valence-corrected chi connectivity index (χ4v) is 3.82. The molecule has 1 saturated heterocycles. The Morgan fingerprint density at radius 2 is 1.92 bits per heavy atom. The number of rotatable bonds is 5. The predicted molar refractivity (Wildman–Crippen MR) is 109 cm³/mol. The molecule has 0 unspecified atom stereocenters. The van der Waals surface area contributed by atoms with Gasteiger partial charge in [-0.25, -0.2) is 4.98 Å². The van der Waals surface area contributed by atoms with E-state index >= 15 is 0 Å². The first-order valence-electron chi connectivity index (χ1n) is 8.29. The Balaban J connectivity index is 0.00000156. The molecule has 0 radical (unpaired) electrons. The van der Waals surface area contributed by atoms with Crippen LogP contribution < -0.4 is 5.32 Å². The maximum Gasteiger partial charge on any atom is 0.265 e. The van der Waals surface area contributed by atoms with E-state index in [2.05, 4.69) is 17.2 Å². The molecule has 4 nitrogen and oxygen atoms in total. The molecule has 0 spiro atoms. The Morgan fingerprint density at radius 3 is 2.56 bits per heavy atom. The lowest BCUT2D eigenvalue weighted by atomic mass is 9.96. The van der Waals surface area contributed by atoms with Crippen molar-refractivity contribution in [3.63, 3.8) is 0 Å². The number of thiazole rings is 1. The van der Waals surface area contributed by atoms with Gasteiger partial charge in [-0.15, -0.1) is 36.2 Å². The van der Waals surface area contributed by atoms with Crippen molar-refractivity contribution in [1.82, 2.24) is 15.2 Å². The molecule has 1 aromatic heterocycles. The fraction of sp³-hybridized carbons (Fsp3) is 0.444. The third-order valence-electron chi connectivity index (χ3n) is 4.32. The van der Waals surface area contributed by atoms with Crippen molar-refractivity contribution in [2.45, 2.75) is 19.8 Å². The number of hydrogen-bond acceptors (Lipinski definition) is 4. The number of likely N-dealkylation sites (tertiary alicyclic amines) is 1. The molecule has 25 heavy (non-hydrogen) atoms. The maximum atomic E-state index is 12.6. The van der Waals surface area contributed by atoms with E-state index in [4.69, 9.17) is 0 Å². The first kappa shape index (κ1) is 21.9. The van der Waals surface area contributed by atoms with Crippen molar-refractivity contribution in [2.75, 3.05) is 26.2 Å². The summed E-state index contributed by atoms with van der Waals surface area (Å²) in [7, 11) is 0. The van der Waals surface area contributed by atoms with Crippen molar-refractivity contribution in [3.05, 3.63) is 41.4 Å². The van der Waals surface area contributed by atoms with Gasteiger partial charge in [0.1, 0.15) is 9.88 Å². The molecule has 1 aromatic carbocycles. The lowest BCUT2D eigenvalue weighted by Gasteiger charge is -2.31. The zero-order valence-corrected chi connectivity index (χ0v) is 16.8. The van der Waals surface area contributed by atoms with E-state index < -0.39 is 0 Å². The van der Waals surface area contributed by atoms with Gasteiger partial charge in [-0.2, -0.15) is 0 Å². The highest BCUT2D eigenvalue weighted by Gasteiger charge is 2.24. The average molecular weight is 402 g/mol. The number of amides is 1. The van der Waals surface area contributed by atoms with Gasteiger partial charge in [-0.3, -0.25) is 4.79 Å². The summed E-state index contributed by atoms with van der Waals surface area (Å²) in [5.74, 6) is 0.826. The quantitative estimate of drug-likeness (QED) is 0.819. The normalized spacial score (nSPS) is 14.5. The summed E-state index contributed by atoms with van der Waals surface area (Å²) in [6, 6.07) is 10.0. The largest absolute Gasteiger partial charge is 0.338 e. The van der Waals surface area contributed by atoms with Crippen LogP contribution in [-0.4, -0.2) is 42.0 Å². The van der Waals surface area contributed by atoms with Crippen LogP contribution in [0.15, 0.2) is 36.5 Å². The van der Waals surface area contributed by atoms with Gasteiger partial charge >= 0.3 is 0 Å². The van der Waals surface area contributed by atoms with E-state index in [1.54, 1.807) is 6.20 Å². The Hall–Kier alpha value is -1.14. The predicted octanol–water partition coefficient (Wildman–Crippen LogP) is 4.12. The summed E-state index contributed by atoms with van der Waals surface area (Å²) >= 11 is 1.49. The van der Waals surface area contributed by atoms with Gasteiger partial charge in [0.05, 0.1) is 6.20 Å². The molecular weight excluding hydrogens is 377 g/mol. The highest BCUT2D eigenvalue weighted by atomic mass is 35.5. The van der Waals surface area contributed by atoms with Gasteiger partial charge < -0.3 is 10.2 Å². The standard InChI is InChI=1S/C18H23N3OS.2ClH/c1-2-19-12-14-8-10-21(11-9-14)18(22)16-13-20-17(23-16)15-6-4-3-5-7-15;;/h3-7,13-14,19H,2,8-12H2,1H3;2*1H. The van der Waals surface area contributed by atoms with Crippen molar-refractivity contribution in [3.8, 4) is 10.6 Å². The number of halogens is 2. The lowest BCUT2D eigenvalue weighted by Crippen LogP contribution is -2.40. The van der Waals surface area contributed by atoms with Gasteiger partial charge in [-0.1, -0.05) is 37.3 Å². The Kier molecular flexibility index (Phi) is 9.43. The molecule has 2 heterocycles. The molecule has 0 bridgehead atoms. The number of nitrogens with one attached hydrogen (secondary N) is 1. The van der Waals surface area contributed by atoms with Crippen LogP contribution in [0.5, 0.6) is 0 Å². The molecule has 1 amide bonds. The van der Waals surface area contributed by atoms with E-state index in [9.17, 15) is 4.79 Å². The highest BCUT2D eigenvalue weighted by Crippen LogP contribution is 2.27. The molecule has 3 rings (SSSR count). The zero-order valence-electron chi connectivity index (χ0n) is 14.3. The summed E-state index contributed by atoms with van der Waals surface area (Å²) in [6.45, 7) is 5.92. The van der Waals surface area contributed by atoms with Crippen molar-refractivity contribution in [2.24, 2.45) is 5.92 Å². The number of piperidine rings is 1. The van der Waals surface area contributed by atoms with Crippen LogP contribution in [0.1, 0.15) is 29.4 Å². The summed E-state index contributed by atoms with van der Waals surface area (Å²) < 4.78 is 0. The second kappa shape index (κ2) is 10.8. The number of carbonyl (C=O) groups excluding carboxylic acids is 1. The van der Waals surface area contributed by atoms with Crippen molar-refractivity contribution < 1.29 is 4.79 Å². The second-order valence-electron chi connectivity index (χ2n) is 5.94. The first-order valence-corrected chi connectivity index (χ1v) is 9.11. The summed E-state index contributed by atoms with van der Waals surface area (Å²) in [4.78, 5) is 19.8. The topological polar surface area (TPSA) is 45.2 Å². The van der Waals surface area contributed by atoms with Crippen LogP contribution in [0.3, 0.4) is 0 Å². The third-order valence-corrected chi connectivity index (χ3v) is 5.36. The zero-order chi connectivity index (χ0) is 16.1. The van der Waals surface area contributed by atoms with Crippen LogP contribution in [-0.2, 0) is 0 Å². The number of benzene rings is 1. The Morgan fingerprint density at radius 1 is 1.24 bits per heavy atom. The van der Waals surface area contributed by atoms with Crippen LogP contribution in [0.4, 0.5) is 0 Å². The molecule has 2 aromatic rings.